The molecule has 1 atom stereocenters. The molecule has 1 aliphatic heterocycles. The van der Waals surface area contributed by atoms with E-state index in [1.54, 1.807) is 0 Å². The lowest BCUT2D eigenvalue weighted by Gasteiger charge is -2.43. The van der Waals surface area contributed by atoms with Gasteiger partial charge < -0.3 is 15.4 Å². The first-order valence-electron chi connectivity index (χ1n) is 7.87. The van der Waals surface area contributed by atoms with Crippen molar-refractivity contribution in [1.82, 2.24) is 5.32 Å². The second-order valence-corrected chi connectivity index (χ2v) is 6.20. The number of rotatable bonds is 6. The second kappa shape index (κ2) is 5.78. The van der Waals surface area contributed by atoms with Crippen molar-refractivity contribution in [2.75, 3.05) is 19.0 Å². The zero-order valence-electron chi connectivity index (χ0n) is 12.9. The van der Waals surface area contributed by atoms with E-state index in [4.69, 9.17) is 4.74 Å². The fourth-order valence-electron chi connectivity index (χ4n) is 3.45. The van der Waals surface area contributed by atoms with Gasteiger partial charge in [0, 0.05) is 18.8 Å². The molecule has 1 amide bonds. The lowest BCUT2D eigenvalue weighted by Crippen LogP contribution is -2.42. The summed E-state index contributed by atoms with van der Waals surface area (Å²) in [6, 6.07) is 6.61. The number of carbonyl (C=O) groups is 1. The van der Waals surface area contributed by atoms with Crippen LogP contribution in [0.3, 0.4) is 0 Å². The molecular weight excluding hydrogens is 264 g/mol. The molecular formula is C17H24N2O2. The molecule has 2 aliphatic rings. The molecule has 4 nitrogen and oxygen atoms in total. The number of nitrogens with one attached hydrogen (secondary N) is 2. The molecule has 1 unspecified atom stereocenters. The van der Waals surface area contributed by atoms with Crippen LogP contribution in [-0.2, 0) is 16.0 Å². The Hall–Kier alpha value is -1.39. The van der Waals surface area contributed by atoms with Crippen molar-refractivity contribution >= 4 is 11.6 Å². The van der Waals surface area contributed by atoms with E-state index in [0.717, 1.165) is 37.1 Å². The number of anilines is 1. The van der Waals surface area contributed by atoms with Gasteiger partial charge in [-0.25, -0.2) is 0 Å². The first-order valence-corrected chi connectivity index (χ1v) is 7.87. The third-order valence-corrected chi connectivity index (χ3v) is 4.88. The van der Waals surface area contributed by atoms with Crippen molar-refractivity contribution in [3.05, 3.63) is 29.3 Å². The van der Waals surface area contributed by atoms with E-state index in [1.807, 2.05) is 13.2 Å². The predicted octanol–water partition coefficient (Wildman–Crippen LogP) is 2.79. The summed E-state index contributed by atoms with van der Waals surface area (Å²) in [6.07, 6.45) is 5.05. The summed E-state index contributed by atoms with van der Waals surface area (Å²) in [4.78, 5) is 11.5. The molecule has 0 saturated heterocycles. The maximum atomic E-state index is 11.5. The summed E-state index contributed by atoms with van der Waals surface area (Å²) in [5.74, 6) is 0.0921. The van der Waals surface area contributed by atoms with Crippen LogP contribution in [0.5, 0.6) is 0 Å². The van der Waals surface area contributed by atoms with Crippen molar-refractivity contribution in [3.63, 3.8) is 0 Å². The number of fused-ring (bicyclic) bond motifs is 1. The molecule has 0 aromatic heterocycles. The van der Waals surface area contributed by atoms with E-state index in [-0.39, 0.29) is 17.6 Å². The van der Waals surface area contributed by atoms with Crippen LogP contribution >= 0.6 is 0 Å². The van der Waals surface area contributed by atoms with Gasteiger partial charge in [-0.2, -0.15) is 0 Å². The van der Waals surface area contributed by atoms with Gasteiger partial charge >= 0.3 is 0 Å². The van der Waals surface area contributed by atoms with Gasteiger partial charge in [0.1, 0.15) is 0 Å². The molecule has 1 aliphatic carbocycles. The number of hydrogen-bond donors (Lipinski definition) is 2. The highest BCUT2D eigenvalue weighted by molar-refractivity contribution is 5.99. The average molecular weight is 288 g/mol. The smallest absolute Gasteiger partial charge is 0.228 e. The van der Waals surface area contributed by atoms with Crippen LogP contribution in [0.2, 0.25) is 0 Å². The Morgan fingerprint density at radius 1 is 1.43 bits per heavy atom. The minimum Gasteiger partial charge on any atom is -0.378 e. The van der Waals surface area contributed by atoms with Gasteiger partial charge in [-0.1, -0.05) is 19.1 Å². The Kier molecular flexibility index (Phi) is 4.00. The van der Waals surface area contributed by atoms with Gasteiger partial charge in [0.15, 0.2) is 0 Å². The van der Waals surface area contributed by atoms with E-state index in [2.05, 4.69) is 29.7 Å². The van der Waals surface area contributed by atoms with E-state index >= 15 is 0 Å². The Balaban J connectivity index is 1.81. The van der Waals surface area contributed by atoms with Gasteiger partial charge in [0.05, 0.1) is 12.0 Å². The molecule has 4 heteroatoms. The molecule has 1 saturated carbocycles. The summed E-state index contributed by atoms with van der Waals surface area (Å²) in [5.41, 5.74) is 3.37. The van der Waals surface area contributed by atoms with E-state index in [9.17, 15) is 4.79 Å². The number of methoxy groups -OCH3 is 1. The normalized spacial score (nSPS) is 20.6. The monoisotopic (exact) mass is 288 g/mol. The maximum Gasteiger partial charge on any atom is 0.228 e. The number of amides is 1. The van der Waals surface area contributed by atoms with Crippen LogP contribution in [0.15, 0.2) is 18.2 Å². The van der Waals surface area contributed by atoms with Crippen molar-refractivity contribution in [2.24, 2.45) is 0 Å². The molecule has 0 spiro atoms. The lowest BCUT2D eigenvalue weighted by atomic mass is 9.74. The van der Waals surface area contributed by atoms with Gasteiger partial charge in [0.25, 0.3) is 0 Å². The number of hydrogen-bond acceptors (Lipinski definition) is 3. The third kappa shape index (κ3) is 2.83. The number of ether oxygens (including phenoxy) is 1. The second-order valence-electron chi connectivity index (χ2n) is 6.20. The highest BCUT2D eigenvalue weighted by atomic mass is 16.5. The van der Waals surface area contributed by atoms with Gasteiger partial charge in [-0.15, -0.1) is 0 Å². The van der Waals surface area contributed by atoms with E-state index in [1.165, 1.54) is 12.0 Å². The van der Waals surface area contributed by atoms with Crippen LogP contribution in [0, 0.1) is 0 Å². The van der Waals surface area contributed by atoms with Crippen LogP contribution < -0.4 is 10.6 Å². The minimum atomic E-state index is 0.0416. The molecule has 3 rings (SSSR count). The highest BCUT2D eigenvalue weighted by Crippen LogP contribution is 2.42. The van der Waals surface area contributed by atoms with Crippen molar-refractivity contribution in [1.29, 1.82) is 0 Å². The first-order chi connectivity index (χ1) is 10.2. The molecule has 1 fully saturated rings. The molecule has 1 aromatic carbocycles. The predicted molar refractivity (Wildman–Crippen MR) is 83.4 cm³/mol. The van der Waals surface area contributed by atoms with Gasteiger partial charge in [0.2, 0.25) is 5.91 Å². The summed E-state index contributed by atoms with van der Waals surface area (Å²) in [5, 5.41) is 6.47. The first kappa shape index (κ1) is 14.5. The molecule has 114 valence electrons. The number of carbonyl (C=O) groups excluding carboxylic acids is 1. The minimum absolute atomic E-state index is 0.0416. The zero-order valence-corrected chi connectivity index (χ0v) is 12.9. The SMILES string of the molecule is CCNC(CC1(OC)CCC1)c1ccc2c(c1)CC(=O)N2. The van der Waals surface area contributed by atoms with Crippen molar-refractivity contribution in [3.8, 4) is 0 Å². The van der Waals surface area contributed by atoms with E-state index < -0.39 is 0 Å². The highest BCUT2D eigenvalue weighted by Gasteiger charge is 2.39. The third-order valence-electron chi connectivity index (χ3n) is 4.88. The molecule has 0 bridgehead atoms. The average Bonchev–Trinajstić information content (AvgIpc) is 2.80. The van der Waals surface area contributed by atoms with Crippen LogP contribution in [-0.4, -0.2) is 25.2 Å². The fourth-order valence-corrected chi connectivity index (χ4v) is 3.45. The molecule has 2 N–H and O–H groups in total. The molecule has 1 heterocycles. The van der Waals surface area contributed by atoms with Crippen molar-refractivity contribution < 1.29 is 9.53 Å². The van der Waals surface area contributed by atoms with Crippen molar-refractivity contribution in [2.45, 2.75) is 50.7 Å². The van der Waals surface area contributed by atoms with Gasteiger partial charge in [-0.3, -0.25) is 4.79 Å². The standard InChI is InChI=1S/C17H24N2O2/c1-3-18-15(11-17(21-2)7-4-8-17)12-5-6-14-13(9-12)10-16(20)19-14/h5-6,9,15,18H,3-4,7-8,10-11H2,1-2H3,(H,19,20). The molecule has 1 aromatic rings. The summed E-state index contributed by atoms with van der Waals surface area (Å²) in [7, 11) is 1.83. The Morgan fingerprint density at radius 3 is 2.86 bits per heavy atom. The molecule has 0 radical (unpaired) electrons. The zero-order chi connectivity index (χ0) is 14.9. The molecule has 21 heavy (non-hydrogen) atoms. The Labute approximate surface area is 126 Å². The van der Waals surface area contributed by atoms with E-state index in [0.29, 0.717) is 6.42 Å². The maximum absolute atomic E-state index is 11.5. The van der Waals surface area contributed by atoms with Gasteiger partial charge in [-0.05, 0) is 49.4 Å². The lowest BCUT2D eigenvalue weighted by molar-refractivity contribution is -0.115. The Morgan fingerprint density at radius 2 is 2.24 bits per heavy atom. The topological polar surface area (TPSA) is 50.4 Å². The van der Waals surface area contributed by atoms with Crippen LogP contribution in [0.25, 0.3) is 0 Å². The van der Waals surface area contributed by atoms with Crippen LogP contribution in [0.4, 0.5) is 5.69 Å². The largest absolute Gasteiger partial charge is 0.378 e. The summed E-state index contributed by atoms with van der Waals surface area (Å²) in [6.45, 7) is 3.06. The summed E-state index contributed by atoms with van der Waals surface area (Å²) < 4.78 is 5.78. The fraction of sp³-hybridized carbons (Fsp3) is 0.588. The number of benzene rings is 1. The Bertz CT molecular complexity index is 532. The quantitative estimate of drug-likeness (QED) is 0.846. The summed E-state index contributed by atoms with van der Waals surface area (Å²) >= 11 is 0. The van der Waals surface area contributed by atoms with Crippen LogP contribution in [0.1, 0.15) is 49.8 Å².